The summed E-state index contributed by atoms with van der Waals surface area (Å²) in [4.78, 5) is 25.8. The lowest BCUT2D eigenvalue weighted by Crippen LogP contribution is -2.54. The number of benzene rings is 2. The fraction of sp³-hybridized carbons (Fsp3) is 0.333. The molecule has 1 aliphatic heterocycles. The second-order valence-corrected chi connectivity index (χ2v) is 6.69. The number of amides is 2. The molecule has 2 aromatic rings. The summed E-state index contributed by atoms with van der Waals surface area (Å²) in [5.41, 5.74) is 8.04. The van der Waals surface area contributed by atoms with E-state index in [1.54, 1.807) is 17.0 Å². The van der Waals surface area contributed by atoms with Crippen molar-refractivity contribution in [2.45, 2.75) is 18.6 Å². The molecule has 0 aromatic heterocycles. The van der Waals surface area contributed by atoms with Crippen molar-refractivity contribution in [1.29, 1.82) is 0 Å². The van der Waals surface area contributed by atoms with E-state index in [0.29, 0.717) is 25.2 Å². The molecule has 2 unspecified atom stereocenters. The van der Waals surface area contributed by atoms with Gasteiger partial charge in [-0.05, 0) is 23.3 Å². The van der Waals surface area contributed by atoms with Crippen LogP contribution in [0, 0.1) is 0 Å². The Morgan fingerprint density at radius 3 is 2.54 bits per heavy atom. The molecule has 0 spiro atoms. The van der Waals surface area contributed by atoms with Gasteiger partial charge in [0.25, 0.3) is 0 Å². The predicted octanol–water partition coefficient (Wildman–Crippen LogP) is 1.09. The third kappa shape index (κ3) is 4.75. The minimum absolute atomic E-state index is 0.0449. The molecule has 1 fully saturated rings. The number of carbonyl (C=O) groups is 2. The lowest BCUT2D eigenvalue weighted by molar-refractivity contribution is -0.160. The average molecular weight is 383 g/mol. The van der Waals surface area contributed by atoms with E-state index in [4.69, 9.17) is 10.5 Å². The quantitative estimate of drug-likeness (QED) is 0.664. The van der Waals surface area contributed by atoms with Gasteiger partial charge in [0.15, 0.2) is 0 Å². The second kappa shape index (κ2) is 9.45. The summed E-state index contributed by atoms with van der Waals surface area (Å²) < 4.78 is 5.68. The number of hydrogen-bond donors (Lipinski definition) is 3. The highest BCUT2D eigenvalue weighted by atomic mass is 16.5. The molecular weight excluding hydrogens is 358 g/mol. The lowest BCUT2D eigenvalue weighted by Gasteiger charge is -2.40. The van der Waals surface area contributed by atoms with Crippen LogP contribution in [-0.4, -0.2) is 54.2 Å². The highest BCUT2D eigenvalue weighted by Crippen LogP contribution is 2.29. The van der Waals surface area contributed by atoms with Crippen molar-refractivity contribution in [1.82, 2.24) is 4.90 Å². The zero-order valence-electron chi connectivity index (χ0n) is 15.6. The molecule has 28 heavy (non-hydrogen) atoms. The Morgan fingerprint density at radius 1 is 1.18 bits per heavy atom. The van der Waals surface area contributed by atoms with Gasteiger partial charge in [0.1, 0.15) is 12.7 Å². The number of morpholine rings is 1. The molecule has 1 aliphatic rings. The van der Waals surface area contributed by atoms with Crippen molar-refractivity contribution in [3.8, 4) is 0 Å². The Hall–Kier alpha value is -2.74. The number of nitrogens with one attached hydrogen (secondary N) is 1. The van der Waals surface area contributed by atoms with Crippen LogP contribution in [0.2, 0.25) is 0 Å². The summed E-state index contributed by atoms with van der Waals surface area (Å²) in [6.07, 6.45) is -0.139. The maximum atomic E-state index is 12.2. The largest absolute Gasteiger partial charge is 0.394 e. The zero-order valence-corrected chi connectivity index (χ0v) is 15.6. The minimum atomic E-state index is -0.483. The summed E-state index contributed by atoms with van der Waals surface area (Å²) in [5.74, 6) is -0.272. The van der Waals surface area contributed by atoms with Crippen LogP contribution in [0.1, 0.15) is 17.2 Å². The van der Waals surface area contributed by atoms with Crippen LogP contribution in [0.3, 0.4) is 0 Å². The molecule has 2 atom stereocenters. The van der Waals surface area contributed by atoms with Crippen LogP contribution < -0.4 is 11.1 Å². The number of anilines is 1. The molecular formula is C21H25N3O4. The molecule has 3 rings (SSSR count). The third-order valence-electron chi connectivity index (χ3n) is 4.74. The molecule has 0 aliphatic carbocycles. The van der Waals surface area contributed by atoms with Crippen LogP contribution >= 0.6 is 0 Å². The zero-order chi connectivity index (χ0) is 19.9. The third-order valence-corrected chi connectivity index (χ3v) is 4.74. The van der Waals surface area contributed by atoms with Crippen molar-refractivity contribution in [2.24, 2.45) is 5.73 Å². The number of carbonyl (C=O) groups excluding carboxylic acids is 2. The SMILES string of the molecule is NCCN1C(=O)COC(c2ccc(NC(=O)Cc3ccccc3)cc2)C1CO. The highest BCUT2D eigenvalue weighted by molar-refractivity contribution is 5.92. The molecule has 7 nitrogen and oxygen atoms in total. The van der Waals surface area contributed by atoms with Crippen molar-refractivity contribution < 1.29 is 19.4 Å². The van der Waals surface area contributed by atoms with Gasteiger partial charge in [0, 0.05) is 18.8 Å². The molecule has 4 N–H and O–H groups in total. The summed E-state index contributed by atoms with van der Waals surface area (Å²) in [6.45, 7) is 0.432. The number of hydrogen-bond acceptors (Lipinski definition) is 5. The van der Waals surface area contributed by atoms with Gasteiger partial charge in [0.2, 0.25) is 11.8 Å². The predicted molar refractivity (Wildman–Crippen MR) is 106 cm³/mol. The highest BCUT2D eigenvalue weighted by Gasteiger charge is 2.36. The smallest absolute Gasteiger partial charge is 0.249 e. The summed E-state index contributed by atoms with van der Waals surface area (Å²) in [6, 6.07) is 16.3. The maximum absolute atomic E-state index is 12.2. The van der Waals surface area contributed by atoms with E-state index in [1.807, 2.05) is 42.5 Å². The Labute approximate surface area is 164 Å². The number of rotatable bonds is 7. The van der Waals surface area contributed by atoms with Crippen LogP contribution in [0.4, 0.5) is 5.69 Å². The number of nitrogens with zero attached hydrogens (tertiary/aromatic N) is 1. The van der Waals surface area contributed by atoms with E-state index < -0.39 is 12.1 Å². The molecule has 1 heterocycles. The van der Waals surface area contributed by atoms with Crippen LogP contribution in [0.25, 0.3) is 0 Å². The molecule has 2 aromatic carbocycles. The van der Waals surface area contributed by atoms with Gasteiger partial charge in [0.05, 0.1) is 19.1 Å². The fourth-order valence-corrected chi connectivity index (χ4v) is 3.39. The maximum Gasteiger partial charge on any atom is 0.249 e. The number of aliphatic hydroxyl groups excluding tert-OH is 1. The normalized spacial score (nSPS) is 19.5. The Balaban J connectivity index is 1.66. The number of nitrogens with two attached hydrogens (primary N) is 1. The van der Waals surface area contributed by atoms with Gasteiger partial charge < -0.3 is 25.8 Å². The van der Waals surface area contributed by atoms with Gasteiger partial charge in [-0.15, -0.1) is 0 Å². The van der Waals surface area contributed by atoms with Crippen molar-refractivity contribution in [3.05, 3.63) is 65.7 Å². The van der Waals surface area contributed by atoms with Crippen LogP contribution in [-0.2, 0) is 20.7 Å². The first-order valence-electron chi connectivity index (χ1n) is 9.28. The number of aliphatic hydroxyl groups is 1. The van der Waals surface area contributed by atoms with Crippen molar-refractivity contribution in [3.63, 3.8) is 0 Å². The fourth-order valence-electron chi connectivity index (χ4n) is 3.39. The van der Waals surface area contributed by atoms with Gasteiger partial charge in [-0.3, -0.25) is 9.59 Å². The average Bonchev–Trinajstić information content (AvgIpc) is 2.71. The molecule has 148 valence electrons. The van der Waals surface area contributed by atoms with E-state index >= 15 is 0 Å². The topological polar surface area (TPSA) is 105 Å². The van der Waals surface area contributed by atoms with E-state index in [9.17, 15) is 14.7 Å². The second-order valence-electron chi connectivity index (χ2n) is 6.69. The Kier molecular flexibility index (Phi) is 6.76. The van der Waals surface area contributed by atoms with Crippen LogP contribution in [0.15, 0.2) is 54.6 Å². The minimum Gasteiger partial charge on any atom is -0.394 e. The Morgan fingerprint density at radius 2 is 1.89 bits per heavy atom. The van der Waals surface area contributed by atoms with E-state index in [1.165, 1.54) is 0 Å². The first-order chi connectivity index (χ1) is 13.6. The van der Waals surface area contributed by atoms with Crippen molar-refractivity contribution >= 4 is 17.5 Å². The van der Waals surface area contributed by atoms with Gasteiger partial charge in [-0.25, -0.2) is 0 Å². The standard InChI is InChI=1S/C21H25N3O4/c22-10-11-24-18(13-25)21(28-14-20(24)27)16-6-8-17(9-7-16)23-19(26)12-15-4-2-1-3-5-15/h1-9,18,21,25H,10-14,22H2,(H,23,26). The summed E-state index contributed by atoms with van der Waals surface area (Å²) >= 11 is 0. The van der Waals surface area contributed by atoms with Gasteiger partial charge >= 0.3 is 0 Å². The van der Waals surface area contributed by atoms with Gasteiger partial charge in [-0.2, -0.15) is 0 Å². The first kappa shape index (κ1) is 20.0. The van der Waals surface area contributed by atoms with E-state index in [2.05, 4.69) is 5.32 Å². The molecule has 0 saturated carbocycles. The van der Waals surface area contributed by atoms with Gasteiger partial charge in [-0.1, -0.05) is 42.5 Å². The van der Waals surface area contributed by atoms with Crippen molar-refractivity contribution in [2.75, 3.05) is 31.6 Å². The molecule has 0 radical (unpaired) electrons. The lowest BCUT2D eigenvalue weighted by atomic mass is 9.99. The van der Waals surface area contributed by atoms with E-state index in [0.717, 1.165) is 11.1 Å². The first-order valence-corrected chi connectivity index (χ1v) is 9.28. The molecule has 0 bridgehead atoms. The summed E-state index contributed by atoms with van der Waals surface area (Å²) in [7, 11) is 0. The summed E-state index contributed by atoms with van der Waals surface area (Å²) in [5, 5.41) is 12.7. The number of ether oxygens (including phenoxy) is 1. The molecule has 2 amide bonds. The van der Waals surface area contributed by atoms with E-state index in [-0.39, 0.29) is 25.0 Å². The monoisotopic (exact) mass is 383 g/mol. The van der Waals surface area contributed by atoms with Crippen LogP contribution in [0.5, 0.6) is 0 Å². The Bertz CT molecular complexity index is 795. The molecule has 1 saturated heterocycles. The molecule has 7 heteroatoms.